The van der Waals surface area contributed by atoms with Gasteiger partial charge in [0, 0.05) is 24.3 Å². The van der Waals surface area contributed by atoms with Crippen molar-refractivity contribution in [2.45, 2.75) is 27.2 Å². The lowest BCUT2D eigenvalue weighted by molar-refractivity contribution is 0.357. The predicted molar refractivity (Wildman–Crippen MR) is 104 cm³/mol. The van der Waals surface area contributed by atoms with Crippen LogP contribution < -0.4 is 4.74 Å². The number of hydrogen-bond acceptors (Lipinski definition) is 7. The smallest absolute Gasteiger partial charge is 0.299 e. The van der Waals surface area contributed by atoms with Crippen LogP contribution in [-0.2, 0) is 6.42 Å². The Morgan fingerprint density at radius 3 is 2.77 bits per heavy atom. The van der Waals surface area contributed by atoms with E-state index in [2.05, 4.69) is 64.2 Å². The molecule has 6 nitrogen and oxygen atoms in total. The van der Waals surface area contributed by atoms with E-state index in [1.807, 2.05) is 0 Å². The summed E-state index contributed by atoms with van der Waals surface area (Å²) in [5.41, 5.74) is 4.38. The van der Waals surface area contributed by atoms with Crippen LogP contribution in [0.3, 0.4) is 0 Å². The second kappa shape index (κ2) is 8.33. The zero-order chi connectivity index (χ0) is 18.5. The molecule has 136 valence electrons. The van der Waals surface area contributed by atoms with E-state index in [4.69, 9.17) is 4.74 Å². The molecule has 2 aromatic heterocycles. The van der Waals surface area contributed by atoms with Crippen molar-refractivity contribution in [1.29, 1.82) is 0 Å². The molecule has 0 aliphatic carbocycles. The van der Waals surface area contributed by atoms with E-state index in [0.29, 0.717) is 16.7 Å². The van der Waals surface area contributed by atoms with Gasteiger partial charge in [-0.1, -0.05) is 13.0 Å². The monoisotopic (exact) mass is 369 g/mol. The van der Waals surface area contributed by atoms with E-state index in [1.165, 1.54) is 29.0 Å². The Labute approximate surface area is 158 Å². The van der Waals surface area contributed by atoms with E-state index in [1.54, 1.807) is 12.3 Å². The molecule has 3 aromatic rings. The summed E-state index contributed by atoms with van der Waals surface area (Å²) in [7, 11) is 2.14. The third-order valence-corrected chi connectivity index (χ3v) is 4.95. The summed E-state index contributed by atoms with van der Waals surface area (Å²) >= 11 is 1.22. The molecule has 26 heavy (non-hydrogen) atoms. The molecule has 0 aliphatic rings. The standard InChI is InChI=1S/C19H23N5OS/c1-5-24(4)9-7-15-10-14(3)17(11-13(15)2)25-19-22-18(23-26-19)16-6-8-20-12-21-16/h6,8,10-12H,5,7,9H2,1-4H3. The molecule has 0 saturated carbocycles. The number of hydrogen-bond donors (Lipinski definition) is 0. The third kappa shape index (κ3) is 4.42. The summed E-state index contributed by atoms with van der Waals surface area (Å²) in [6, 6.07) is 6.08. The first kappa shape index (κ1) is 18.4. The van der Waals surface area contributed by atoms with Crippen molar-refractivity contribution in [3.05, 3.63) is 47.4 Å². The topological polar surface area (TPSA) is 64.0 Å². The van der Waals surface area contributed by atoms with Crippen LogP contribution in [0.15, 0.2) is 30.7 Å². The number of aryl methyl sites for hydroxylation is 2. The minimum absolute atomic E-state index is 0.513. The first-order valence-electron chi connectivity index (χ1n) is 8.63. The number of nitrogens with zero attached hydrogens (tertiary/aromatic N) is 5. The van der Waals surface area contributed by atoms with Gasteiger partial charge < -0.3 is 9.64 Å². The fraction of sp³-hybridized carbons (Fsp3) is 0.368. The first-order chi connectivity index (χ1) is 12.6. The molecule has 0 radical (unpaired) electrons. The van der Waals surface area contributed by atoms with Gasteiger partial charge in [0.05, 0.1) is 0 Å². The summed E-state index contributed by atoms with van der Waals surface area (Å²) in [5, 5.41) is 0.513. The number of ether oxygens (including phenoxy) is 1. The molecule has 0 atom stereocenters. The summed E-state index contributed by atoms with van der Waals surface area (Å²) in [6.07, 6.45) is 4.19. The second-order valence-corrected chi connectivity index (χ2v) is 6.99. The highest BCUT2D eigenvalue weighted by Gasteiger charge is 2.12. The lowest BCUT2D eigenvalue weighted by Crippen LogP contribution is -2.20. The normalized spacial score (nSPS) is 11.1. The third-order valence-electron chi connectivity index (χ3n) is 4.35. The largest absolute Gasteiger partial charge is 0.430 e. The zero-order valence-electron chi connectivity index (χ0n) is 15.6. The second-order valence-electron chi connectivity index (χ2n) is 6.27. The van der Waals surface area contributed by atoms with E-state index >= 15 is 0 Å². The molecular weight excluding hydrogens is 346 g/mol. The average Bonchev–Trinajstić information content (AvgIpc) is 3.12. The Morgan fingerprint density at radius 2 is 2.04 bits per heavy atom. The Morgan fingerprint density at radius 1 is 1.19 bits per heavy atom. The van der Waals surface area contributed by atoms with Gasteiger partial charge in [-0.05, 0) is 62.7 Å². The Kier molecular flexibility index (Phi) is 5.90. The molecule has 0 aliphatic heterocycles. The van der Waals surface area contributed by atoms with Crippen molar-refractivity contribution >= 4 is 11.5 Å². The quantitative estimate of drug-likeness (QED) is 0.629. The van der Waals surface area contributed by atoms with Crippen LogP contribution in [0.25, 0.3) is 11.5 Å². The molecule has 0 spiro atoms. The van der Waals surface area contributed by atoms with E-state index in [0.717, 1.165) is 30.8 Å². The van der Waals surface area contributed by atoms with Gasteiger partial charge in [-0.2, -0.15) is 9.36 Å². The maximum absolute atomic E-state index is 5.98. The van der Waals surface area contributed by atoms with Gasteiger partial charge in [0.25, 0.3) is 5.19 Å². The SMILES string of the molecule is CCN(C)CCc1cc(C)c(Oc2nc(-c3ccncn3)ns2)cc1C. The minimum Gasteiger partial charge on any atom is -0.430 e. The Balaban J connectivity index is 1.74. The summed E-state index contributed by atoms with van der Waals surface area (Å²) in [4.78, 5) is 14.8. The van der Waals surface area contributed by atoms with Gasteiger partial charge in [-0.3, -0.25) is 0 Å². The van der Waals surface area contributed by atoms with Gasteiger partial charge in [-0.15, -0.1) is 0 Å². The molecule has 3 rings (SSSR count). The molecule has 1 aromatic carbocycles. The van der Waals surface area contributed by atoms with Gasteiger partial charge in [0.15, 0.2) is 5.82 Å². The zero-order valence-corrected chi connectivity index (χ0v) is 16.4. The van der Waals surface area contributed by atoms with Crippen molar-refractivity contribution in [2.75, 3.05) is 20.1 Å². The molecular formula is C19H23N5OS. The number of benzene rings is 1. The molecule has 0 unspecified atom stereocenters. The molecule has 0 amide bonds. The van der Waals surface area contributed by atoms with Crippen molar-refractivity contribution in [3.63, 3.8) is 0 Å². The van der Waals surface area contributed by atoms with Gasteiger partial charge in [0.1, 0.15) is 17.8 Å². The average molecular weight is 369 g/mol. The van der Waals surface area contributed by atoms with Gasteiger partial charge in [0.2, 0.25) is 0 Å². The Hall–Kier alpha value is -2.38. The van der Waals surface area contributed by atoms with Crippen LogP contribution in [0.1, 0.15) is 23.6 Å². The van der Waals surface area contributed by atoms with E-state index in [9.17, 15) is 0 Å². The predicted octanol–water partition coefficient (Wildman–Crippen LogP) is 3.90. The molecule has 0 saturated heterocycles. The highest BCUT2D eigenvalue weighted by Crippen LogP contribution is 2.30. The molecule has 7 heteroatoms. The fourth-order valence-corrected chi connectivity index (χ4v) is 3.12. The number of rotatable bonds is 7. The van der Waals surface area contributed by atoms with Crippen LogP contribution >= 0.6 is 11.5 Å². The highest BCUT2D eigenvalue weighted by molar-refractivity contribution is 7.07. The van der Waals surface area contributed by atoms with Crippen LogP contribution in [0.2, 0.25) is 0 Å². The Bertz CT molecular complexity index is 866. The maximum Gasteiger partial charge on any atom is 0.299 e. The fourth-order valence-electron chi connectivity index (χ4n) is 2.57. The van der Waals surface area contributed by atoms with Crippen LogP contribution in [0.4, 0.5) is 0 Å². The molecule has 0 N–H and O–H groups in total. The van der Waals surface area contributed by atoms with Crippen molar-refractivity contribution in [1.82, 2.24) is 24.2 Å². The van der Waals surface area contributed by atoms with Gasteiger partial charge >= 0.3 is 0 Å². The van der Waals surface area contributed by atoms with E-state index in [-0.39, 0.29) is 0 Å². The lowest BCUT2D eigenvalue weighted by Gasteiger charge is -2.16. The maximum atomic E-state index is 5.98. The summed E-state index contributed by atoms with van der Waals surface area (Å²) in [6.45, 7) is 8.47. The number of likely N-dealkylation sites (N-methyl/N-ethyl adjacent to an activating group) is 1. The molecule has 2 heterocycles. The minimum atomic E-state index is 0.513. The number of aromatic nitrogens is 4. The van der Waals surface area contributed by atoms with Crippen LogP contribution in [0.5, 0.6) is 10.9 Å². The lowest BCUT2D eigenvalue weighted by atomic mass is 10.0. The summed E-state index contributed by atoms with van der Waals surface area (Å²) < 4.78 is 10.3. The van der Waals surface area contributed by atoms with Crippen molar-refractivity contribution in [2.24, 2.45) is 0 Å². The molecule has 0 fully saturated rings. The van der Waals surface area contributed by atoms with Crippen LogP contribution in [-0.4, -0.2) is 44.4 Å². The first-order valence-corrected chi connectivity index (χ1v) is 9.40. The molecule has 0 bridgehead atoms. The van der Waals surface area contributed by atoms with Crippen LogP contribution in [0, 0.1) is 13.8 Å². The summed E-state index contributed by atoms with van der Waals surface area (Å²) in [5.74, 6) is 1.38. The van der Waals surface area contributed by atoms with Gasteiger partial charge in [-0.25, -0.2) is 9.97 Å². The van der Waals surface area contributed by atoms with Crippen molar-refractivity contribution < 1.29 is 4.74 Å². The van der Waals surface area contributed by atoms with Crippen molar-refractivity contribution in [3.8, 4) is 22.5 Å². The van der Waals surface area contributed by atoms with E-state index < -0.39 is 0 Å². The highest BCUT2D eigenvalue weighted by atomic mass is 32.1.